The van der Waals surface area contributed by atoms with E-state index >= 15 is 0 Å². The predicted octanol–water partition coefficient (Wildman–Crippen LogP) is 3.84. The third-order valence-corrected chi connectivity index (χ3v) is 2.69. The van der Waals surface area contributed by atoms with Crippen LogP contribution in [0.1, 0.15) is 26.7 Å². The lowest BCUT2D eigenvalue weighted by Crippen LogP contribution is -2.34. The van der Waals surface area contributed by atoms with Crippen LogP contribution in [0.25, 0.3) is 0 Å². The smallest absolute Gasteiger partial charge is 0.405 e. The molecule has 0 bridgehead atoms. The van der Waals surface area contributed by atoms with Gasteiger partial charge in [0.1, 0.15) is 12.3 Å². The Morgan fingerprint density at radius 1 is 1.20 bits per heavy atom. The average Bonchev–Trinajstić information content (AvgIpc) is 2.36. The van der Waals surface area contributed by atoms with Crippen LogP contribution in [-0.2, 0) is 0 Å². The molecular weight excluding hydrogens is 269 g/mol. The van der Waals surface area contributed by atoms with Gasteiger partial charge in [-0.15, -0.1) is 0 Å². The molecule has 1 aromatic rings. The molecule has 114 valence electrons. The van der Waals surface area contributed by atoms with E-state index in [0.29, 0.717) is 36.7 Å². The van der Waals surface area contributed by atoms with Gasteiger partial charge in [-0.25, -0.2) is 0 Å². The van der Waals surface area contributed by atoms with Crippen molar-refractivity contribution < 1.29 is 17.9 Å². The first-order valence-corrected chi connectivity index (χ1v) is 6.71. The molecule has 0 aliphatic rings. The molecule has 0 fully saturated rings. The lowest BCUT2D eigenvalue weighted by Gasteiger charge is -2.26. The summed E-state index contributed by atoms with van der Waals surface area (Å²) in [5.41, 5.74) is 6.68. The molecule has 0 atom stereocenters. The lowest BCUT2D eigenvalue weighted by molar-refractivity contribution is -0.119. The number of hydrogen-bond acceptors (Lipinski definition) is 3. The van der Waals surface area contributed by atoms with Crippen LogP contribution < -0.4 is 15.4 Å². The molecule has 2 N–H and O–H groups in total. The number of nitrogens with two attached hydrogens (primary N) is 1. The molecule has 0 saturated heterocycles. The van der Waals surface area contributed by atoms with E-state index in [4.69, 9.17) is 10.5 Å². The van der Waals surface area contributed by atoms with E-state index in [-0.39, 0.29) is 0 Å². The van der Waals surface area contributed by atoms with E-state index in [1.165, 1.54) is 4.90 Å². The summed E-state index contributed by atoms with van der Waals surface area (Å²) in [7, 11) is 0. The summed E-state index contributed by atoms with van der Waals surface area (Å²) in [5, 5.41) is 0. The van der Waals surface area contributed by atoms with Gasteiger partial charge in [-0.1, -0.05) is 13.8 Å². The molecule has 0 saturated carbocycles. The van der Waals surface area contributed by atoms with E-state index in [0.717, 1.165) is 6.42 Å². The highest BCUT2D eigenvalue weighted by Gasteiger charge is 2.30. The number of halogens is 3. The summed E-state index contributed by atoms with van der Waals surface area (Å²) in [4.78, 5) is 1.29. The predicted molar refractivity (Wildman–Crippen MR) is 75.2 cm³/mol. The fourth-order valence-corrected chi connectivity index (χ4v) is 1.84. The molecule has 3 nitrogen and oxygen atoms in total. The summed E-state index contributed by atoms with van der Waals surface area (Å²) in [6.07, 6.45) is -2.79. The zero-order valence-corrected chi connectivity index (χ0v) is 11.8. The van der Waals surface area contributed by atoms with Gasteiger partial charge in [-0.3, -0.25) is 0 Å². The van der Waals surface area contributed by atoms with Crippen molar-refractivity contribution in [3.8, 4) is 5.75 Å². The van der Waals surface area contributed by atoms with Gasteiger partial charge in [0, 0.05) is 18.3 Å². The normalized spacial score (nSPS) is 11.4. The van der Waals surface area contributed by atoms with Crippen molar-refractivity contribution in [2.24, 2.45) is 0 Å². The maximum atomic E-state index is 12.6. The Morgan fingerprint density at radius 3 is 2.45 bits per heavy atom. The van der Waals surface area contributed by atoms with E-state index in [1.807, 2.05) is 13.8 Å². The van der Waals surface area contributed by atoms with Crippen LogP contribution in [0.3, 0.4) is 0 Å². The summed E-state index contributed by atoms with van der Waals surface area (Å²) < 4.78 is 43.3. The molecule has 0 radical (unpaired) electrons. The lowest BCUT2D eigenvalue weighted by atomic mass is 10.2. The Morgan fingerprint density at radius 2 is 1.90 bits per heavy atom. The quantitative estimate of drug-likeness (QED) is 0.775. The summed E-state index contributed by atoms with van der Waals surface area (Å²) in [6.45, 7) is 3.64. The van der Waals surface area contributed by atoms with Crippen LogP contribution in [-0.4, -0.2) is 25.9 Å². The molecule has 0 spiro atoms. The highest BCUT2D eigenvalue weighted by molar-refractivity contribution is 5.62. The zero-order valence-electron chi connectivity index (χ0n) is 11.8. The number of hydrogen-bond donors (Lipinski definition) is 1. The third kappa shape index (κ3) is 5.19. The first kappa shape index (κ1) is 16.5. The van der Waals surface area contributed by atoms with E-state index in [1.54, 1.807) is 18.2 Å². The summed E-state index contributed by atoms with van der Waals surface area (Å²) >= 11 is 0. The number of ether oxygens (including phenoxy) is 1. The Kier molecular flexibility index (Phi) is 5.98. The van der Waals surface area contributed by atoms with Crippen molar-refractivity contribution in [3.63, 3.8) is 0 Å². The minimum absolute atomic E-state index is 0.330. The van der Waals surface area contributed by atoms with Crippen molar-refractivity contribution in [1.82, 2.24) is 0 Å². The maximum Gasteiger partial charge on any atom is 0.405 e. The van der Waals surface area contributed by atoms with Crippen LogP contribution in [0.5, 0.6) is 5.75 Å². The summed E-state index contributed by atoms with van der Waals surface area (Å²) in [5.74, 6) is 0.438. The highest BCUT2D eigenvalue weighted by atomic mass is 19.4. The van der Waals surface area contributed by atoms with Gasteiger partial charge < -0.3 is 15.4 Å². The second-order valence-corrected chi connectivity index (χ2v) is 4.61. The van der Waals surface area contributed by atoms with Crippen LogP contribution in [0, 0.1) is 0 Å². The van der Waals surface area contributed by atoms with Crippen LogP contribution >= 0.6 is 0 Å². The molecule has 1 rings (SSSR count). The largest absolute Gasteiger partial charge is 0.491 e. The van der Waals surface area contributed by atoms with Crippen LogP contribution in [0.15, 0.2) is 18.2 Å². The minimum Gasteiger partial charge on any atom is -0.491 e. The second kappa shape index (κ2) is 7.26. The average molecular weight is 290 g/mol. The molecule has 0 aliphatic heterocycles. The minimum atomic E-state index is -4.24. The number of nitrogen functional groups attached to an aromatic ring is 1. The molecule has 20 heavy (non-hydrogen) atoms. The molecule has 0 amide bonds. The number of nitrogens with zero attached hydrogens (tertiary/aromatic N) is 1. The monoisotopic (exact) mass is 290 g/mol. The molecule has 0 aliphatic carbocycles. The molecule has 0 aromatic heterocycles. The Hall–Kier alpha value is -1.59. The van der Waals surface area contributed by atoms with Crippen molar-refractivity contribution in [3.05, 3.63) is 18.2 Å². The van der Waals surface area contributed by atoms with E-state index in [9.17, 15) is 13.2 Å². The first-order chi connectivity index (χ1) is 9.37. The SMILES string of the molecule is CCCOc1cc(N(CCC)CC(F)(F)F)ccc1N. The Balaban J connectivity index is 2.95. The maximum absolute atomic E-state index is 12.6. The van der Waals surface area contributed by atoms with Gasteiger partial charge >= 0.3 is 6.18 Å². The van der Waals surface area contributed by atoms with Crippen molar-refractivity contribution in [2.45, 2.75) is 32.9 Å². The van der Waals surface area contributed by atoms with Gasteiger partial charge in [0.2, 0.25) is 0 Å². The van der Waals surface area contributed by atoms with Crippen molar-refractivity contribution >= 4 is 11.4 Å². The summed E-state index contributed by atoms with van der Waals surface area (Å²) in [6, 6.07) is 4.75. The van der Waals surface area contributed by atoms with Gasteiger partial charge in [-0.05, 0) is 25.0 Å². The molecular formula is C14H21F3N2O. The van der Waals surface area contributed by atoms with E-state index < -0.39 is 12.7 Å². The topological polar surface area (TPSA) is 38.5 Å². The molecule has 1 aromatic carbocycles. The molecule has 0 unspecified atom stereocenters. The molecule has 0 heterocycles. The number of benzene rings is 1. The first-order valence-electron chi connectivity index (χ1n) is 6.71. The standard InChI is InChI=1S/C14H21F3N2O/c1-3-7-19(10-14(15,16)17)11-5-6-12(18)13(9-11)20-8-4-2/h5-6,9H,3-4,7-8,10,18H2,1-2H3. The second-order valence-electron chi connectivity index (χ2n) is 4.61. The zero-order chi connectivity index (χ0) is 15.2. The van der Waals surface area contributed by atoms with E-state index in [2.05, 4.69) is 0 Å². The highest BCUT2D eigenvalue weighted by Crippen LogP contribution is 2.30. The fraction of sp³-hybridized carbons (Fsp3) is 0.571. The fourth-order valence-electron chi connectivity index (χ4n) is 1.84. The van der Waals surface area contributed by atoms with Gasteiger partial charge in [0.05, 0.1) is 12.3 Å². The van der Waals surface area contributed by atoms with Gasteiger partial charge in [-0.2, -0.15) is 13.2 Å². The van der Waals surface area contributed by atoms with Gasteiger partial charge in [0.25, 0.3) is 0 Å². The number of alkyl halides is 3. The Labute approximate surface area is 117 Å². The van der Waals surface area contributed by atoms with Gasteiger partial charge in [0.15, 0.2) is 0 Å². The number of anilines is 2. The third-order valence-electron chi connectivity index (χ3n) is 2.69. The number of rotatable bonds is 7. The van der Waals surface area contributed by atoms with Crippen molar-refractivity contribution in [1.29, 1.82) is 0 Å². The molecule has 6 heteroatoms. The van der Waals surface area contributed by atoms with Crippen molar-refractivity contribution in [2.75, 3.05) is 30.3 Å². The van der Waals surface area contributed by atoms with Crippen LogP contribution in [0.4, 0.5) is 24.5 Å². The van der Waals surface area contributed by atoms with Crippen LogP contribution in [0.2, 0.25) is 0 Å². The Bertz CT molecular complexity index is 421.